The lowest BCUT2D eigenvalue weighted by Gasteiger charge is -2.30. The first-order valence-corrected chi connectivity index (χ1v) is 5.45. The summed E-state index contributed by atoms with van der Waals surface area (Å²) >= 11 is 0. The van der Waals surface area contributed by atoms with E-state index in [1.54, 1.807) is 13.8 Å². The van der Waals surface area contributed by atoms with Crippen molar-refractivity contribution in [3.8, 4) is 0 Å². The third kappa shape index (κ3) is 3.42. The molecule has 0 saturated carbocycles. The van der Waals surface area contributed by atoms with Crippen LogP contribution in [0, 0.1) is 17.0 Å². The van der Waals surface area contributed by atoms with Crippen molar-refractivity contribution in [2.45, 2.75) is 39.3 Å². The molecule has 0 aromatic heterocycles. The highest BCUT2D eigenvalue weighted by molar-refractivity contribution is 5.55. The number of hydrogen-bond donors (Lipinski definition) is 2. The van der Waals surface area contributed by atoms with Gasteiger partial charge in [0.05, 0.1) is 16.6 Å². The van der Waals surface area contributed by atoms with E-state index in [2.05, 4.69) is 5.32 Å². The van der Waals surface area contributed by atoms with Gasteiger partial charge in [0.15, 0.2) is 0 Å². The van der Waals surface area contributed by atoms with E-state index in [1.807, 2.05) is 19.9 Å². The summed E-state index contributed by atoms with van der Waals surface area (Å²) in [4.78, 5) is 10.3. The van der Waals surface area contributed by atoms with Crippen molar-refractivity contribution in [1.82, 2.24) is 0 Å². The lowest BCUT2D eigenvalue weighted by molar-refractivity contribution is -0.384. The zero-order valence-electron chi connectivity index (χ0n) is 10.5. The number of hydrogen-bond acceptors (Lipinski definition) is 4. The van der Waals surface area contributed by atoms with Gasteiger partial charge in [0.25, 0.3) is 5.69 Å². The molecule has 1 atom stereocenters. The summed E-state index contributed by atoms with van der Waals surface area (Å²) < 4.78 is 0. The molecule has 0 saturated heterocycles. The Balaban J connectivity index is 3.03. The van der Waals surface area contributed by atoms with Gasteiger partial charge in [0.2, 0.25) is 0 Å². The highest BCUT2D eigenvalue weighted by Crippen LogP contribution is 2.24. The number of benzene rings is 1. The highest BCUT2D eigenvalue weighted by Gasteiger charge is 2.24. The van der Waals surface area contributed by atoms with Gasteiger partial charge in [-0.05, 0) is 39.3 Å². The number of anilines is 1. The molecule has 0 aliphatic heterocycles. The molecule has 0 aliphatic carbocycles. The number of nitrogens with zero attached hydrogens (tertiary/aromatic N) is 1. The Kier molecular flexibility index (Phi) is 3.72. The van der Waals surface area contributed by atoms with Crippen molar-refractivity contribution in [2.24, 2.45) is 0 Å². The van der Waals surface area contributed by atoms with Crippen LogP contribution in [-0.4, -0.2) is 21.7 Å². The molecule has 94 valence electrons. The lowest BCUT2D eigenvalue weighted by Crippen LogP contribution is -2.41. The summed E-state index contributed by atoms with van der Waals surface area (Å²) in [5.41, 5.74) is 0.960. The third-order valence-corrected chi connectivity index (χ3v) is 2.78. The van der Waals surface area contributed by atoms with Crippen LogP contribution in [0.25, 0.3) is 0 Å². The normalized spacial score (nSPS) is 13.2. The molecule has 0 radical (unpaired) electrons. The van der Waals surface area contributed by atoms with Gasteiger partial charge >= 0.3 is 0 Å². The Bertz CT molecular complexity index is 428. The number of nitro benzene ring substituents is 1. The molecule has 0 aliphatic rings. The van der Waals surface area contributed by atoms with E-state index in [4.69, 9.17) is 0 Å². The zero-order chi connectivity index (χ0) is 13.2. The fourth-order valence-corrected chi connectivity index (χ4v) is 1.42. The van der Waals surface area contributed by atoms with Gasteiger partial charge in [-0.1, -0.05) is 0 Å². The summed E-state index contributed by atoms with van der Waals surface area (Å²) in [5.74, 6) is 0. The van der Waals surface area contributed by atoms with Crippen LogP contribution in [0.15, 0.2) is 18.2 Å². The second-order valence-corrected chi connectivity index (χ2v) is 4.84. The van der Waals surface area contributed by atoms with E-state index < -0.39 is 16.6 Å². The Hall–Kier alpha value is -1.62. The number of nitrogens with one attached hydrogen (secondary N) is 1. The van der Waals surface area contributed by atoms with Crippen LogP contribution in [0.3, 0.4) is 0 Å². The van der Waals surface area contributed by atoms with Crippen molar-refractivity contribution in [3.05, 3.63) is 33.9 Å². The SMILES string of the molecule is Cc1cc(NC(C)(C)C(C)O)cc([N+](=O)[O-])c1. The van der Waals surface area contributed by atoms with Crippen LogP contribution >= 0.6 is 0 Å². The van der Waals surface area contributed by atoms with Gasteiger partial charge < -0.3 is 10.4 Å². The predicted octanol–water partition coefficient (Wildman–Crippen LogP) is 2.47. The predicted molar refractivity (Wildman–Crippen MR) is 67.2 cm³/mol. The average Bonchev–Trinajstić information content (AvgIpc) is 2.15. The average molecular weight is 238 g/mol. The van der Waals surface area contributed by atoms with Crippen LogP contribution < -0.4 is 5.32 Å². The first kappa shape index (κ1) is 13.4. The van der Waals surface area contributed by atoms with Crippen molar-refractivity contribution >= 4 is 11.4 Å². The fourth-order valence-electron chi connectivity index (χ4n) is 1.42. The molecule has 2 N–H and O–H groups in total. The van der Waals surface area contributed by atoms with Gasteiger partial charge in [0, 0.05) is 17.8 Å². The van der Waals surface area contributed by atoms with Crippen LogP contribution in [-0.2, 0) is 0 Å². The standard InChI is InChI=1S/C12H18N2O3/c1-8-5-10(7-11(6-8)14(16)17)13-12(3,4)9(2)15/h5-7,9,13,15H,1-4H3. The van der Waals surface area contributed by atoms with Crippen LogP contribution in [0.4, 0.5) is 11.4 Å². The molecule has 0 heterocycles. The number of non-ortho nitro benzene ring substituents is 1. The number of nitro groups is 1. The smallest absolute Gasteiger partial charge is 0.271 e. The summed E-state index contributed by atoms with van der Waals surface area (Å²) in [6, 6.07) is 4.80. The van der Waals surface area contributed by atoms with Crippen LogP contribution in [0.5, 0.6) is 0 Å². The van der Waals surface area contributed by atoms with E-state index in [-0.39, 0.29) is 5.69 Å². The summed E-state index contributed by atoms with van der Waals surface area (Å²) in [5, 5.41) is 23.4. The molecule has 0 spiro atoms. The maximum Gasteiger partial charge on any atom is 0.271 e. The minimum atomic E-state index is -0.568. The molecule has 1 unspecified atom stereocenters. The molecule has 0 amide bonds. The molecule has 1 aromatic rings. The van der Waals surface area contributed by atoms with Gasteiger partial charge in [0.1, 0.15) is 0 Å². The van der Waals surface area contributed by atoms with E-state index in [0.717, 1.165) is 5.56 Å². The van der Waals surface area contributed by atoms with Crippen LogP contribution in [0.2, 0.25) is 0 Å². The van der Waals surface area contributed by atoms with E-state index in [9.17, 15) is 15.2 Å². The van der Waals surface area contributed by atoms with Crippen molar-refractivity contribution < 1.29 is 10.0 Å². The Morgan fingerprint density at radius 3 is 2.47 bits per heavy atom. The van der Waals surface area contributed by atoms with Gasteiger partial charge in [-0.15, -0.1) is 0 Å². The Morgan fingerprint density at radius 2 is 2.00 bits per heavy atom. The molecule has 1 aromatic carbocycles. The maximum atomic E-state index is 10.7. The zero-order valence-corrected chi connectivity index (χ0v) is 10.5. The number of aryl methyl sites for hydroxylation is 1. The van der Waals surface area contributed by atoms with E-state index in [1.165, 1.54) is 12.1 Å². The second kappa shape index (κ2) is 4.71. The van der Waals surface area contributed by atoms with Crippen molar-refractivity contribution in [1.29, 1.82) is 0 Å². The van der Waals surface area contributed by atoms with Gasteiger partial charge in [-0.25, -0.2) is 0 Å². The number of aliphatic hydroxyl groups is 1. The molecule has 0 fully saturated rings. The quantitative estimate of drug-likeness (QED) is 0.624. The lowest BCUT2D eigenvalue weighted by atomic mass is 9.98. The van der Waals surface area contributed by atoms with Gasteiger partial charge in [-0.3, -0.25) is 10.1 Å². The van der Waals surface area contributed by atoms with Crippen molar-refractivity contribution in [2.75, 3.05) is 5.32 Å². The summed E-state index contributed by atoms with van der Waals surface area (Å²) in [7, 11) is 0. The molecular weight excluding hydrogens is 220 g/mol. The topological polar surface area (TPSA) is 75.4 Å². The maximum absolute atomic E-state index is 10.7. The van der Waals surface area contributed by atoms with E-state index in [0.29, 0.717) is 5.69 Å². The first-order valence-electron chi connectivity index (χ1n) is 5.45. The molecular formula is C12H18N2O3. The largest absolute Gasteiger partial charge is 0.391 e. The second-order valence-electron chi connectivity index (χ2n) is 4.84. The Labute approximate surface area is 101 Å². The van der Waals surface area contributed by atoms with Crippen LogP contribution in [0.1, 0.15) is 26.3 Å². The molecule has 5 nitrogen and oxygen atoms in total. The molecule has 1 rings (SSSR count). The minimum Gasteiger partial charge on any atom is -0.391 e. The Morgan fingerprint density at radius 1 is 1.41 bits per heavy atom. The van der Waals surface area contributed by atoms with Gasteiger partial charge in [-0.2, -0.15) is 0 Å². The van der Waals surface area contributed by atoms with E-state index >= 15 is 0 Å². The fraction of sp³-hybridized carbons (Fsp3) is 0.500. The minimum absolute atomic E-state index is 0.0499. The molecule has 17 heavy (non-hydrogen) atoms. The molecule has 5 heteroatoms. The summed E-state index contributed by atoms with van der Waals surface area (Å²) in [6.45, 7) is 7.16. The number of rotatable bonds is 4. The number of aliphatic hydroxyl groups excluding tert-OH is 1. The first-order chi connectivity index (χ1) is 7.72. The highest BCUT2D eigenvalue weighted by atomic mass is 16.6. The summed E-state index contributed by atoms with van der Waals surface area (Å²) in [6.07, 6.45) is -0.568. The van der Waals surface area contributed by atoms with Crippen molar-refractivity contribution in [3.63, 3.8) is 0 Å². The monoisotopic (exact) mass is 238 g/mol. The molecule has 0 bridgehead atoms. The third-order valence-electron chi connectivity index (χ3n) is 2.78.